The van der Waals surface area contributed by atoms with Gasteiger partial charge in [0.2, 0.25) is 0 Å². The van der Waals surface area contributed by atoms with Gasteiger partial charge in [0.1, 0.15) is 0 Å². The molecule has 0 aliphatic carbocycles. The number of carboxylic acid groups (broad SMARTS) is 1. The van der Waals surface area contributed by atoms with Gasteiger partial charge >= 0.3 is 5.97 Å². The smallest absolute Gasteiger partial charge is 0.335 e. The van der Waals surface area contributed by atoms with Crippen molar-refractivity contribution < 1.29 is 9.90 Å². The molecule has 0 aromatic heterocycles. The van der Waals surface area contributed by atoms with Crippen LogP contribution in [0.4, 0.5) is 11.4 Å². The van der Waals surface area contributed by atoms with E-state index in [2.05, 4.69) is 23.8 Å². The zero-order chi connectivity index (χ0) is 13.3. The van der Waals surface area contributed by atoms with Gasteiger partial charge in [-0.2, -0.15) is 0 Å². The third kappa shape index (κ3) is 2.41. The van der Waals surface area contributed by atoms with Crippen molar-refractivity contribution in [3.05, 3.63) is 23.8 Å². The number of benzene rings is 1. The van der Waals surface area contributed by atoms with E-state index >= 15 is 0 Å². The van der Waals surface area contributed by atoms with Crippen LogP contribution in [0.5, 0.6) is 0 Å². The molecule has 0 bridgehead atoms. The van der Waals surface area contributed by atoms with Gasteiger partial charge in [-0.3, -0.25) is 0 Å². The number of nitrogens with zero attached hydrogens (tertiary/aromatic N) is 2. The van der Waals surface area contributed by atoms with Gasteiger partial charge in [-0.25, -0.2) is 4.79 Å². The first kappa shape index (κ1) is 12.7. The van der Waals surface area contributed by atoms with Crippen LogP contribution >= 0.6 is 0 Å². The third-order valence-corrected chi connectivity index (χ3v) is 3.58. The maximum atomic E-state index is 11.0. The molecule has 1 saturated heterocycles. The standard InChI is InChI=1S/C13H19N3O2/c1-9-8-16(6-5-15(9)2)12-7-10(13(17)18)3-4-11(12)14/h3-4,7,9H,5-6,8,14H2,1-2H3,(H,17,18). The van der Waals surface area contributed by atoms with Crippen molar-refractivity contribution >= 4 is 17.3 Å². The fraction of sp³-hybridized carbons (Fsp3) is 0.462. The topological polar surface area (TPSA) is 69.8 Å². The van der Waals surface area contributed by atoms with Crippen LogP contribution in [-0.4, -0.2) is 48.7 Å². The molecule has 0 amide bonds. The molecule has 1 aromatic carbocycles. The maximum Gasteiger partial charge on any atom is 0.335 e. The number of aromatic carboxylic acids is 1. The SMILES string of the molecule is CC1CN(c2cc(C(=O)O)ccc2N)CCN1C. The summed E-state index contributed by atoms with van der Waals surface area (Å²) in [5, 5.41) is 9.03. The molecule has 0 spiro atoms. The molecule has 5 nitrogen and oxygen atoms in total. The predicted molar refractivity (Wildman–Crippen MR) is 72.1 cm³/mol. The van der Waals surface area contributed by atoms with Gasteiger partial charge < -0.3 is 20.6 Å². The number of piperazine rings is 1. The summed E-state index contributed by atoms with van der Waals surface area (Å²) in [6.07, 6.45) is 0. The van der Waals surface area contributed by atoms with Crippen molar-refractivity contribution in [1.82, 2.24) is 4.90 Å². The van der Waals surface area contributed by atoms with Gasteiger partial charge in [0.05, 0.1) is 16.9 Å². The molecule has 2 rings (SSSR count). The molecule has 1 heterocycles. The summed E-state index contributed by atoms with van der Waals surface area (Å²) in [7, 11) is 2.10. The van der Waals surface area contributed by atoms with Crippen LogP contribution in [0, 0.1) is 0 Å². The normalized spacial score (nSPS) is 21.0. The Labute approximate surface area is 107 Å². The lowest BCUT2D eigenvalue weighted by atomic mass is 10.1. The summed E-state index contributed by atoms with van der Waals surface area (Å²) in [6, 6.07) is 5.31. The molecule has 1 fully saturated rings. The second-order valence-corrected chi connectivity index (χ2v) is 4.85. The zero-order valence-electron chi connectivity index (χ0n) is 10.8. The molecule has 18 heavy (non-hydrogen) atoms. The highest BCUT2D eigenvalue weighted by Crippen LogP contribution is 2.26. The van der Waals surface area contributed by atoms with Crippen molar-refractivity contribution in [3.8, 4) is 0 Å². The van der Waals surface area contributed by atoms with Crippen LogP contribution in [0.1, 0.15) is 17.3 Å². The highest BCUT2D eigenvalue weighted by Gasteiger charge is 2.22. The molecule has 98 valence electrons. The average molecular weight is 249 g/mol. The van der Waals surface area contributed by atoms with Crippen molar-refractivity contribution in [2.75, 3.05) is 37.3 Å². The number of nitrogen functional groups attached to an aromatic ring is 1. The van der Waals surface area contributed by atoms with E-state index in [-0.39, 0.29) is 5.56 Å². The number of hydrogen-bond donors (Lipinski definition) is 2. The average Bonchev–Trinajstić information content (AvgIpc) is 2.33. The van der Waals surface area contributed by atoms with Gasteiger partial charge in [-0.15, -0.1) is 0 Å². The first-order chi connectivity index (χ1) is 8.49. The Morgan fingerprint density at radius 1 is 1.44 bits per heavy atom. The number of anilines is 2. The monoisotopic (exact) mass is 249 g/mol. The molecular formula is C13H19N3O2. The van der Waals surface area contributed by atoms with Crippen molar-refractivity contribution in [2.45, 2.75) is 13.0 Å². The molecule has 0 saturated carbocycles. The fourth-order valence-corrected chi connectivity index (χ4v) is 2.22. The Kier molecular flexibility index (Phi) is 3.43. The molecule has 5 heteroatoms. The molecule has 1 aromatic rings. The molecule has 1 aliphatic heterocycles. The van der Waals surface area contributed by atoms with Crippen LogP contribution in [0.2, 0.25) is 0 Å². The van der Waals surface area contributed by atoms with E-state index in [1.807, 2.05) is 0 Å². The highest BCUT2D eigenvalue weighted by molar-refractivity contribution is 5.90. The summed E-state index contributed by atoms with van der Waals surface area (Å²) in [6.45, 7) is 4.85. The summed E-state index contributed by atoms with van der Waals surface area (Å²) in [5.74, 6) is -0.918. The van der Waals surface area contributed by atoms with Gasteiger partial charge in [0.25, 0.3) is 0 Å². The second kappa shape index (κ2) is 4.86. The fourth-order valence-electron chi connectivity index (χ4n) is 2.22. The first-order valence-corrected chi connectivity index (χ1v) is 6.07. The second-order valence-electron chi connectivity index (χ2n) is 4.85. The molecule has 1 atom stereocenters. The summed E-state index contributed by atoms with van der Waals surface area (Å²) < 4.78 is 0. The summed E-state index contributed by atoms with van der Waals surface area (Å²) >= 11 is 0. The lowest BCUT2D eigenvalue weighted by Crippen LogP contribution is -2.50. The molecule has 3 N–H and O–H groups in total. The van der Waals surface area contributed by atoms with E-state index in [1.165, 1.54) is 0 Å². The molecular weight excluding hydrogens is 230 g/mol. The van der Waals surface area contributed by atoms with Gasteiger partial charge in [-0.05, 0) is 32.2 Å². The van der Waals surface area contributed by atoms with Crippen molar-refractivity contribution in [3.63, 3.8) is 0 Å². The number of likely N-dealkylation sites (N-methyl/N-ethyl adjacent to an activating group) is 1. The van der Waals surface area contributed by atoms with E-state index in [9.17, 15) is 4.79 Å². The minimum atomic E-state index is -0.918. The first-order valence-electron chi connectivity index (χ1n) is 6.07. The quantitative estimate of drug-likeness (QED) is 0.768. The zero-order valence-corrected chi connectivity index (χ0v) is 10.8. The van der Waals surface area contributed by atoms with Gasteiger partial charge in [0, 0.05) is 25.7 Å². The Hall–Kier alpha value is -1.75. The van der Waals surface area contributed by atoms with Crippen molar-refractivity contribution in [1.29, 1.82) is 0 Å². The number of carboxylic acids is 1. The van der Waals surface area contributed by atoms with E-state index in [1.54, 1.807) is 18.2 Å². The molecule has 0 radical (unpaired) electrons. The van der Waals surface area contributed by atoms with Gasteiger partial charge in [0.15, 0.2) is 0 Å². The van der Waals surface area contributed by atoms with E-state index in [4.69, 9.17) is 10.8 Å². The number of carbonyl (C=O) groups is 1. The van der Waals surface area contributed by atoms with Crippen LogP contribution in [0.15, 0.2) is 18.2 Å². The Morgan fingerprint density at radius 3 is 2.78 bits per heavy atom. The van der Waals surface area contributed by atoms with Crippen LogP contribution in [0.3, 0.4) is 0 Å². The minimum Gasteiger partial charge on any atom is -0.478 e. The Bertz CT molecular complexity index is 462. The molecule has 1 unspecified atom stereocenters. The number of nitrogens with two attached hydrogens (primary N) is 1. The predicted octanol–water partition coefficient (Wildman–Crippen LogP) is 1.11. The molecule has 1 aliphatic rings. The maximum absolute atomic E-state index is 11.0. The van der Waals surface area contributed by atoms with Gasteiger partial charge in [-0.1, -0.05) is 0 Å². The van der Waals surface area contributed by atoms with E-state index in [0.29, 0.717) is 11.7 Å². The largest absolute Gasteiger partial charge is 0.478 e. The highest BCUT2D eigenvalue weighted by atomic mass is 16.4. The Balaban J connectivity index is 2.27. The van der Waals surface area contributed by atoms with E-state index < -0.39 is 5.97 Å². The number of rotatable bonds is 2. The van der Waals surface area contributed by atoms with Crippen LogP contribution < -0.4 is 10.6 Å². The van der Waals surface area contributed by atoms with Crippen LogP contribution in [0.25, 0.3) is 0 Å². The lowest BCUT2D eigenvalue weighted by molar-refractivity contribution is 0.0697. The lowest BCUT2D eigenvalue weighted by Gasteiger charge is -2.39. The van der Waals surface area contributed by atoms with Crippen LogP contribution in [-0.2, 0) is 0 Å². The van der Waals surface area contributed by atoms with E-state index in [0.717, 1.165) is 25.3 Å². The Morgan fingerprint density at radius 2 is 2.17 bits per heavy atom. The van der Waals surface area contributed by atoms with Crippen molar-refractivity contribution in [2.24, 2.45) is 0 Å². The summed E-state index contributed by atoms with van der Waals surface area (Å²) in [5.41, 5.74) is 7.70. The number of hydrogen-bond acceptors (Lipinski definition) is 4. The third-order valence-electron chi connectivity index (χ3n) is 3.58. The minimum absolute atomic E-state index is 0.283. The summed E-state index contributed by atoms with van der Waals surface area (Å²) in [4.78, 5) is 15.4.